The molecule has 1 saturated heterocycles. The highest BCUT2D eigenvalue weighted by molar-refractivity contribution is 6.42. The highest BCUT2D eigenvalue weighted by Crippen LogP contribution is 2.32. The van der Waals surface area contributed by atoms with E-state index in [1.807, 2.05) is 31.4 Å². The average Bonchev–Trinajstić information content (AvgIpc) is 1.79. The monoisotopic (exact) mass is 178 g/mol. The van der Waals surface area contributed by atoms with Crippen LogP contribution in [0.25, 0.3) is 0 Å². The van der Waals surface area contributed by atoms with E-state index in [1.54, 1.807) is 0 Å². The first kappa shape index (κ1) is 10.8. The predicted molar refractivity (Wildman–Crippen MR) is 61.1 cm³/mol. The summed E-state index contributed by atoms with van der Waals surface area (Å²) < 4.78 is 5.78. The number of carboxylic acids is 1. The summed E-state index contributed by atoms with van der Waals surface area (Å²) >= 11 is 0. The lowest BCUT2D eigenvalue weighted by molar-refractivity contribution is -0.148. The standard InChI is InChI=1S/C6H14B4O3/c7-5(8)1-3(4(11)12)2-6(9,10)13-5/h3H,1-2,7-10H2,(H,11,12). The predicted octanol–water partition coefficient (Wildman–Crippen LogP) is -3.66. The summed E-state index contributed by atoms with van der Waals surface area (Å²) in [5.41, 5.74) is 0. The van der Waals surface area contributed by atoms with Gasteiger partial charge in [-0.2, -0.15) is 0 Å². The fourth-order valence-electron chi connectivity index (χ4n) is 2.26. The van der Waals surface area contributed by atoms with Gasteiger partial charge in [0.15, 0.2) is 0 Å². The van der Waals surface area contributed by atoms with Crippen molar-refractivity contribution in [2.45, 2.75) is 23.6 Å². The number of ether oxygens (including phenoxy) is 1. The second-order valence-corrected chi connectivity index (χ2v) is 5.06. The highest BCUT2D eigenvalue weighted by Gasteiger charge is 2.41. The molecule has 0 spiro atoms. The lowest BCUT2D eigenvalue weighted by atomic mass is 9.51. The van der Waals surface area contributed by atoms with Crippen LogP contribution < -0.4 is 0 Å². The molecular weight excluding hydrogens is 163 g/mol. The fourth-order valence-corrected chi connectivity index (χ4v) is 2.26. The van der Waals surface area contributed by atoms with Crippen LogP contribution in [0.4, 0.5) is 0 Å². The molecule has 0 saturated carbocycles. The molecule has 0 unspecified atom stereocenters. The summed E-state index contributed by atoms with van der Waals surface area (Å²) in [7, 11) is 7.79. The summed E-state index contributed by atoms with van der Waals surface area (Å²) in [6, 6.07) is 0. The lowest BCUT2D eigenvalue weighted by Crippen LogP contribution is -2.54. The molecular formula is C6H14B4O3. The zero-order valence-corrected chi connectivity index (χ0v) is 8.76. The Hall–Kier alpha value is -0.310. The van der Waals surface area contributed by atoms with Crippen molar-refractivity contribution in [1.29, 1.82) is 0 Å². The maximum atomic E-state index is 10.9. The van der Waals surface area contributed by atoms with Gasteiger partial charge in [0.05, 0.1) is 5.92 Å². The number of aliphatic carboxylic acids is 1. The van der Waals surface area contributed by atoms with Crippen LogP contribution in [0.2, 0.25) is 0 Å². The van der Waals surface area contributed by atoms with Crippen molar-refractivity contribution in [1.82, 2.24) is 0 Å². The van der Waals surface area contributed by atoms with E-state index in [9.17, 15) is 4.79 Å². The molecule has 1 heterocycles. The minimum absolute atomic E-state index is 0.265. The summed E-state index contributed by atoms with van der Waals surface area (Å²) in [5, 5.41) is 8.32. The number of carbonyl (C=O) groups is 1. The van der Waals surface area contributed by atoms with Gasteiger partial charge >= 0.3 is 5.97 Å². The van der Waals surface area contributed by atoms with Crippen molar-refractivity contribution in [2.75, 3.05) is 0 Å². The van der Waals surface area contributed by atoms with Crippen LogP contribution in [0.5, 0.6) is 0 Å². The molecule has 68 valence electrons. The molecule has 0 amide bonds. The van der Waals surface area contributed by atoms with Crippen LogP contribution >= 0.6 is 0 Å². The molecule has 0 atom stereocenters. The van der Waals surface area contributed by atoms with E-state index in [0.29, 0.717) is 12.8 Å². The van der Waals surface area contributed by atoms with Crippen molar-refractivity contribution in [3.63, 3.8) is 0 Å². The van der Waals surface area contributed by atoms with E-state index in [1.165, 1.54) is 0 Å². The Balaban J connectivity index is 2.78. The Bertz CT molecular complexity index is 212. The van der Waals surface area contributed by atoms with Gasteiger partial charge in [0.1, 0.15) is 31.4 Å². The number of hydrogen-bond donors (Lipinski definition) is 1. The van der Waals surface area contributed by atoms with Gasteiger partial charge in [0.2, 0.25) is 0 Å². The Labute approximate surface area is 82.2 Å². The van der Waals surface area contributed by atoms with Crippen LogP contribution in [0.1, 0.15) is 12.8 Å². The Morgan fingerprint density at radius 2 is 1.62 bits per heavy atom. The van der Waals surface area contributed by atoms with Crippen LogP contribution in [0.15, 0.2) is 0 Å². The second kappa shape index (κ2) is 3.12. The van der Waals surface area contributed by atoms with Crippen LogP contribution in [-0.4, -0.2) is 53.3 Å². The molecule has 1 N–H and O–H groups in total. The van der Waals surface area contributed by atoms with Gasteiger partial charge in [-0.1, -0.05) is 0 Å². The van der Waals surface area contributed by atoms with Crippen LogP contribution in [-0.2, 0) is 9.53 Å². The number of rotatable bonds is 1. The SMILES string of the molecule is BC1(B)CC(C(=O)O)CC(B)(B)O1. The molecule has 0 aromatic heterocycles. The Kier molecular flexibility index (Phi) is 2.58. The Morgan fingerprint density at radius 1 is 1.23 bits per heavy atom. The minimum atomic E-state index is -0.704. The second-order valence-electron chi connectivity index (χ2n) is 5.06. The maximum Gasteiger partial charge on any atom is 0.306 e. The minimum Gasteiger partial charge on any atom is -0.481 e. The van der Waals surface area contributed by atoms with Crippen LogP contribution in [0.3, 0.4) is 0 Å². The zero-order chi connectivity index (χ0) is 10.3. The molecule has 1 fully saturated rings. The summed E-state index contributed by atoms with van der Waals surface area (Å²) in [4.78, 5) is 10.9. The first-order chi connectivity index (χ1) is 5.72. The number of carboxylic acid groups (broad SMARTS) is 1. The van der Waals surface area contributed by atoms with E-state index < -0.39 is 5.97 Å². The quantitative estimate of drug-likeness (QED) is 0.420. The largest absolute Gasteiger partial charge is 0.481 e. The smallest absolute Gasteiger partial charge is 0.306 e. The van der Waals surface area contributed by atoms with Crippen molar-refractivity contribution >= 4 is 37.4 Å². The van der Waals surface area contributed by atoms with E-state index in [2.05, 4.69) is 0 Å². The molecule has 3 nitrogen and oxygen atoms in total. The van der Waals surface area contributed by atoms with Crippen molar-refractivity contribution in [3.05, 3.63) is 0 Å². The first-order valence-electron chi connectivity index (χ1n) is 4.65. The Morgan fingerprint density at radius 3 is 1.92 bits per heavy atom. The van der Waals surface area contributed by atoms with Gasteiger partial charge in [-0.3, -0.25) is 4.79 Å². The molecule has 1 aliphatic rings. The molecule has 0 aromatic carbocycles. The molecule has 0 aliphatic carbocycles. The molecule has 1 aliphatic heterocycles. The van der Waals surface area contributed by atoms with Gasteiger partial charge in [0.25, 0.3) is 0 Å². The number of hydrogen-bond acceptors (Lipinski definition) is 2. The summed E-state index contributed by atoms with van der Waals surface area (Å²) in [5.74, 6) is -0.969. The average molecular weight is 177 g/mol. The molecule has 13 heavy (non-hydrogen) atoms. The third kappa shape index (κ3) is 2.83. The van der Waals surface area contributed by atoms with E-state index in [4.69, 9.17) is 9.84 Å². The maximum absolute atomic E-state index is 10.9. The van der Waals surface area contributed by atoms with Gasteiger partial charge in [-0.05, 0) is 12.8 Å². The lowest BCUT2D eigenvalue weighted by Gasteiger charge is -2.45. The summed E-state index contributed by atoms with van der Waals surface area (Å²) in [6.07, 6.45) is 1.21. The first-order valence-corrected chi connectivity index (χ1v) is 4.65. The third-order valence-corrected chi connectivity index (χ3v) is 2.38. The van der Waals surface area contributed by atoms with E-state index in [0.717, 1.165) is 0 Å². The summed E-state index contributed by atoms with van der Waals surface area (Å²) in [6.45, 7) is 0. The molecule has 0 radical (unpaired) electrons. The van der Waals surface area contributed by atoms with Gasteiger partial charge in [-0.15, -0.1) is 0 Å². The van der Waals surface area contributed by atoms with Gasteiger partial charge < -0.3 is 9.84 Å². The highest BCUT2D eigenvalue weighted by atomic mass is 16.5. The molecule has 7 heteroatoms. The van der Waals surface area contributed by atoms with Crippen LogP contribution in [0, 0.1) is 5.92 Å². The molecule has 1 rings (SSSR count). The van der Waals surface area contributed by atoms with Crippen molar-refractivity contribution in [2.24, 2.45) is 5.92 Å². The van der Waals surface area contributed by atoms with Gasteiger partial charge in [0, 0.05) is 10.8 Å². The van der Waals surface area contributed by atoms with E-state index >= 15 is 0 Å². The fraction of sp³-hybridized carbons (Fsp3) is 0.833. The van der Waals surface area contributed by atoms with Gasteiger partial charge in [-0.25, -0.2) is 0 Å². The van der Waals surface area contributed by atoms with Crippen molar-refractivity contribution in [3.8, 4) is 0 Å². The zero-order valence-electron chi connectivity index (χ0n) is 8.76. The molecule has 0 bridgehead atoms. The normalized spacial score (nSPS) is 26.8. The molecule has 0 aromatic rings. The topological polar surface area (TPSA) is 46.5 Å². The third-order valence-electron chi connectivity index (χ3n) is 2.38. The van der Waals surface area contributed by atoms with E-state index in [-0.39, 0.29) is 16.7 Å². The van der Waals surface area contributed by atoms with Crippen molar-refractivity contribution < 1.29 is 14.6 Å².